The summed E-state index contributed by atoms with van der Waals surface area (Å²) in [7, 11) is 0. The minimum atomic E-state index is -0.303. The molecular formula is C48H78. The molecule has 0 heteroatoms. The SMILES string of the molecule is C#CC(C#CCCCCCCC)CCCCCC(C#CCCCCCCC)(C#CCCCCCCCC)CC#CCCCCCCCC. The van der Waals surface area contributed by atoms with Gasteiger partial charge in [0.05, 0.1) is 5.92 Å². The second-order valence-electron chi connectivity index (χ2n) is 14.2. The summed E-state index contributed by atoms with van der Waals surface area (Å²) in [6, 6.07) is 0. The van der Waals surface area contributed by atoms with E-state index < -0.39 is 0 Å². The minimum Gasteiger partial charge on any atom is -0.119 e. The molecule has 0 saturated carbocycles. The maximum absolute atomic E-state index is 5.87. The lowest BCUT2D eigenvalue weighted by Crippen LogP contribution is -2.16. The van der Waals surface area contributed by atoms with Crippen molar-refractivity contribution in [3.8, 4) is 59.7 Å². The summed E-state index contributed by atoms with van der Waals surface area (Å²) < 4.78 is 0. The van der Waals surface area contributed by atoms with Gasteiger partial charge in [-0.1, -0.05) is 186 Å². The first-order valence-corrected chi connectivity index (χ1v) is 21.1. The first kappa shape index (κ1) is 45.8. The largest absolute Gasteiger partial charge is 0.119 e. The molecule has 0 aromatic rings. The van der Waals surface area contributed by atoms with Gasteiger partial charge >= 0.3 is 0 Å². The zero-order valence-corrected chi connectivity index (χ0v) is 32.8. The van der Waals surface area contributed by atoms with Crippen LogP contribution in [0, 0.1) is 71.0 Å². The first-order chi connectivity index (χ1) is 23.7. The fourth-order valence-electron chi connectivity index (χ4n) is 6.06. The lowest BCUT2D eigenvalue weighted by atomic mass is 9.80. The predicted octanol–water partition coefficient (Wildman–Crippen LogP) is 14.8. The van der Waals surface area contributed by atoms with Crippen molar-refractivity contribution in [1.82, 2.24) is 0 Å². The summed E-state index contributed by atoms with van der Waals surface area (Å²) in [6.07, 6.45) is 44.6. The van der Waals surface area contributed by atoms with E-state index >= 15 is 0 Å². The summed E-state index contributed by atoms with van der Waals surface area (Å²) in [6.45, 7) is 9.11. The Morgan fingerprint density at radius 1 is 0.417 bits per heavy atom. The van der Waals surface area contributed by atoms with Crippen LogP contribution in [0.4, 0.5) is 0 Å². The van der Waals surface area contributed by atoms with Crippen LogP contribution in [0.2, 0.25) is 0 Å². The van der Waals surface area contributed by atoms with Gasteiger partial charge in [0.2, 0.25) is 0 Å². The highest BCUT2D eigenvalue weighted by Crippen LogP contribution is 2.29. The summed E-state index contributed by atoms with van der Waals surface area (Å²) >= 11 is 0. The Hall–Kier alpha value is -2.20. The van der Waals surface area contributed by atoms with E-state index in [-0.39, 0.29) is 11.3 Å². The third-order valence-corrected chi connectivity index (χ3v) is 9.37. The fourth-order valence-corrected chi connectivity index (χ4v) is 6.06. The summed E-state index contributed by atoms with van der Waals surface area (Å²) in [5.41, 5.74) is -0.303. The van der Waals surface area contributed by atoms with E-state index in [1.807, 2.05) is 0 Å². The maximum atomic E-state index is 5.87. The van der Waals surface area contributed by atoms with Crippen LogP contribution in [0.15, 0.2) is 0 Å². The number of unbranched alkanes of at least 4 members (excludes halogenated alkanes) is 24. The molecule has 0 heterocycles. The number of hydrogen-bond donors (Lipinski definition) is 0. The normalized spacial score (nSPS) is 12.1. The van der Waals surface area contributed by atoms with Crippen molar-refractivity contribution < 1.29 is 0 Å². The van der Waals surface area contributed by atoms with Crippen LogP contribution in [0.1, 0.15) is 233 Å². The predicted molar refractivity (Wildman–Crippen MR) is 216 cm³/mol. The van der Waals surface area contributed by atoms with Crippen LogP contribution in [-0.2, 0) is 0 Å². The molecule has 0 nitrogen and oxygen atoms in total. The van der Waals surface area contributed by atoms with Gasteiger partial charge in [0.25, 0.3) is 0 Å². The molecule has 0 N–H and O–H groups in total. The monoisotopic (exact) mass is 655 g/mol. The molecule has 0 spiro atoms. The number of terminal acetylenes is 1. The van der Waals surface area contributed by atoms with Crippen molar-refractivity contribution >= 4 is 0 Å². The van der Waals surface area contributed by atoms with E-state index in [4.69, 9.17) is 6.42 Å². The van der Waals surface area contributed by atoms with Crippen LogP contribution in [0.25, 0.3) is 0 Å². The second-order valence-corrected chi connectivity index (χ2v) is 14.2. The van der Waals surface area contributed by atoms with E-state index in [9.17, 15) is 0 Å². The third kappa shape index (κ3) is 31.1. The molecule has 2 unspecified atom stereocenters. The van der Waals surface area contributed by atoms with Gasteiger partial charge in [0.1, 0.15) is 5.41 Å². The van der Waals surface area contributed by atoms with Gasteiger partial charge in [0.15, 0.2) is 0 Å². The molecule has 0 bridgehead atoms. The van der Waals surface area contributed by atoms with Crippen LogP contribution in [0.3, 0.4) is 0 Å². The van der Waals surface area contributed by atoms with Crippen molar-refractivity contribution in [3.63, 3.8) is 0 Å². The molecule has 48 heavy (non-hydrogen) atoms. The smallest absolute Gasteiger partial charge is 0.103 e. The van der Waals surface area contributed by atoms with Gasteiger partial charge < -0.3 is 0 Å². The molecule has 0 aliphatic carbocycles. The molecular weight excluding hydrogens is 577 g/mol. The van der Waals surface area contributed by atoms with Crippen LogP contribution in [-0.4, -0.2) is 0 Å². The molecule has 0 aromatic carbocycles. The Morgan fingerprint density at radius 3 is 1.27 bits per heavy atom. The Bertz CT molecular complexity index is 992. The molecule has 270 valence electrons. The van der Waals surface area contributed by atoms with Gasteiger partial charge in [-0.3, -0.25) is 0 Å². The number of rotatable bonds is 29. The van der Waals surface area contributed by atoms with Crippen molar-refractivity contribution in [1.29, 1.82) is 0 Å². The van der Waals surface area contributed by atoms with E-state index in [1.54, 1.807) is 0 Å². The standard InChI is InChI=1S/C48H78/c1-6-11-15-19-23-25-29-33-39-45-48(43-37-31-27-22-18-14-9-4,44-38-32-28-24-20-16-12-7-2)46-40-34-36-42-47(10-5)41-35-30-26-21-17-13-8-3/h5,47H,6-9,11-32,34,36,40,42,45-46H2,1-4H3. The Balaban J connectivity index is 5.38. The topological polar surface area (TPSA) is 0 Å². The summed E-state index contributed by atoms with van der Waals surface area (Å²) in [5, 5.41) is 0. The molecule has 2 atom stereocenters. The van der Waals surface area contributed by atoms with Crippen molar-refractivity contribution in [2.75, 3.05) is 0 Å². The average Bonchev–Trinajstić information content (AvgIpc) is 3.10. The molecule has 0 amide bonds. The lowest BCUT2D eigenvalue weighted by Gasteiger charge is -2.20. The van der Waals surface area contributed by atoms with Crippen LogP contribution >= 0.6 is 0 Å². The van der Waals surface area contributed by atoms with E-state index in [0.717, 1.165) is 64.2 Å². The quantitative estimate of drug-likeness (QED) is 0.0556. The third-order valence-electron chi connectivity index (χ3n) is 9.37. The molecule has 0 rings (SSSR count). The second kappa shape index (κ2) is 37.6. The van der Waals surface area contributed by atoms with Gasteiger partial charge in [-0.2, -0.15) is 0 Å². The van der Waals surface area contributed by atoms with Crippen molar-refractivity contribution in [2.24, 2.45) is 11.3 Å². The van der Waals surface area contributed by atoms with Crippen molar-refractivity contribution in [2.45, 2.75) is 233 Å². The first-order valence-electron chi connectivity index (χ1n) is 21.1. The number of hydrogen-bond acceptors (Lipinski definition) is 0. The average molecular weight is 655 g/mol. The van der Waals surface area contributed by atoms with Crippen LogP contribution < -0.4 is 0 Å². The summed E-state index contributed by atoms with van der Waals surface area (Å²) in [4.78, 5) is 0. The fraction of sp³-hybridized carbons (Fsp3) is 0.792. The Labute approximate surface area is 303 Å². The van der Waals surface area contributed by atoms with E-state index in [2.05, 4.69) is 81.0 Å². The van der Waals surface area contributed by atoms with Gasteiger partial charge in [-0.05, 0) is 38.5 Å². The molecule has 0 aromatic heterocycles. The highest BCUT2D eigenvalue weighted by molar-refractivity contribution is 5.30. The molecule has 0 aliphatic heterocycles. The lowest BCUT2D eigenvalue weighted by molar-refractivity contribution is 0.458. The van der Waals surface area contributed by atoms with Gasteiger partial charge in [0, 0.05) is 32.1 Å². The Kier molecular flexibility index (Phi) is 35.9. The highest BCUT2D eigenvalue weighted by atomic mass is 14.2. The van der Waals surface area contributed by atoms with Crippen LogP contribution in [0.5, 0.6) is 0 Å². The van der Waals surface area contributed by atoms with Gasteiger partial charge in [-0.25, -0.2) is 0 Å². The van der Waals surface area contributed by atoms with E-state index in [0.29, 0.717) is 0 Å². The zero-order valence-electron chi connectivity index (χ0n) is 32.8. The highest BCUT2D eigenvalue weighted by Gasteiger charge is 2.24. The molecule has 0 aliphatic rings. The zero-order chi connectivity index (χ0) is 35.1. The Morgan fingerprint density at radius 2 is 0.812 bits per heavy atom. The minimum absolute atomic E-state index is 0.0860. The van der Waals surface area contributed by atoms with Crippen molar-refractivity contribution in [3.05, 3.63) is 0 Å². The molecule has 0 radical (unpaired) electrons. The van der Waals surface area contributed by atoms with Gasteiger partial charge in [-0.15, -0.1) is 36.0 Å². The maximum Gasteiger partial charge on any atom is 0.103 e. The molecule has 0 saturated heterocycles. The summed E-state index contributed by atoms with van der Waals surface area (Å²) in [5.74, 6) is 31.6. The molecule has 0 fully saturated rings. The van der Waals surface area contributed by atoms with E-state index in [1.165, 1.54) is 141 Å².